The molecule has 2 heteroatoms. The summed E-state index contributed by atoms with van der Waals surface area (Å²) in [6.07, 6.45) is 14.5. The van der Waals surface area contributed by atoms with Crippen molar-refractivity contribution in [3.8, 4) is 0 Å². The fraction of sp³-hybridized carbons (Fsp3) is 0.941. The van der Waals surface area contributed by atoms with Crippen LogP contribution in [0.1, 0.15) is 97.8 Å². The monoisotopic (exact) mass is 270 g/mol. The second-order valence-electron chi connectivity index (χ2n) is 5.52. The fourth-order valence-electron chi connectivity index (χ4n) is 2.36. The van der Waals surface area contributed by atoms with E-state index in [1.165, 1.54) is 51.4 Å². The van der Waals surface area contributed by atoms with Crippen molar-refractivity contribution < 1.29 is 9.53 Å². The summed E-state index contributed by atoms with van der Waals surface area (Å²) in [5.41, 5.74) is 0. The first kappa shape index (κ1) is 18.5. The Bertz CT molecular complexity index is 201. The van der Waals surface area contributed by atoms with Crippen LogP contribution < -0.4 is 0 Å². The maximum atomic E-state index is 11.3. The number of hydrogen-bond donors (Lipinski definition) is 0. The van der Waals surface area contributed by atoms with Gasteiger partial charge in [0.1, 0.15) is 6.10 Å². The highest BCUT2D eigenvalue weighted by Crippen LogP contribution is 2.15. The predicted molar refractivity (Wildman–Crippen MR) is 82.3 cm³/mol. The SMILES string of the molecule is CCCCCCCCCCC(CCC)OC(=O)CC. The zero-order valence-corrected chi connectivity index (χ0v) is 13.4. The molecule has 0 aliphatic carbocycles. The normalized spacial score (nSPS) is 12.4. The minimum absolute atomic E-state index is 0.0435. The summed E-state index contributed by atoms with van der Waals surface area (Å²) in [6.45, 7) is 6.27. The molecule has 0 amide bonds. The van der Waals surface area contributed by atoms with Gasteiger partial charge in [0.05, 0.1) is 0 Å². The predicted octanol–water partition coefficient (Wildman–Crippen LogP) is 5.64. The maximum Gasteiger partial charge on any atom is 0.305 e. The molecule has 0 heterocycles. The van der Waals surface area contributed by atoms with Gasteiger partial charge in [-0.3, -0.25) is 4.79 Å². The lowest BCUT2D eigenvalue weighted by Crippen LogP contribution is -2.17. The van der Waals surface area contributed by atoms with Crippen LogP contribution in [0.5, 0.6) is 0 Å². The van der Waals surface area contributed by atoms with E-state index in [2.05, 4.69) is 13.8 Å². The molecule has 0 aliphatic rings. The van der Waals surface area contributed by atoms with Crippen molar-refractivity contribution in [3.05, 3.63) is 0 Å². The third kappa shape index (κ3) is 12.3. The summed E-state index contributed by atoms with van der Waals surface area (Å²) in [5, 5.41) is 0. The highest BCUT2D eigenvalue weighted by molar-refractivity contribution is 5.69. The van der Waals surface area contributed by atoms with Gasteiger partial charge in [-0.2, -0.15) is 0 Å². The first-order valence-electron chi connectivity index (χ1n) is 8.44. The quantitative estimate of drug-likeness (QED) is 0.320. The molecule has 0 fully saturated rings. The molecular weight excluding hydrogens is 236 g/mol. The van der Waals surface area contributed by atoms with Crippen LogP contribution in [-0.4, -0.2) is 12.1 Å². The molecule has 0 radical (unpaired) electrons. The molecule has 1 atom stereocenters. The Labute approximate surface area is 120 Å². The minimum Gasteiger partial charge on any atom is -0.462 e. The van der Waals surface area contributed by atoms with Crippen LogP contribution in [-0.2, 0) is 9.53 Å². The molecule has 0 bridgehead atoms. The molecule has 0 N–H and O–H groups in total. The van der Waals surface area contributed by atoms with E-state index in [4.69, 9.17) is 4.74 Å². The number of carbonyl (C=O) groups excluding carboxylic acids is 1. The van der Waals surface area contributed by atoms with E-state index in [0.717, 1.165) is 19.3 Å². The van der Waals surface area contributed by atoms with Crippen molar-refractivity contribution in [2.75, 3.05) is 0 Å². The lowest BCUT2D eigenvalue weighted by atomic mass is 10.0. The third-order valence-corrected chi connectivity index (χ3v) is 3.58. The Kier molecular flexibility index (Phi) is 13.5. The van der Waals surface area contributed by atoms with Gasteiger partial charge in [0.2, 0.25) is 0 Å². The molecule has 0 saturated heterocycles. The van der Waals surface area contributed by atoms with Crippen LogP contribution in [0.15, 0.2) is 0 Å². The summed E-state index contributed by atoms with van der Waals surface area (Å²) in [7, 11) is 0. The standard InChI is InChI=1S/C17H34O2/c1-4-7-8-9-10-11-12-13-15-16(14-5-2)19-17(18)6-3/h16H,4-15H2,1-3H3. The van der Waals surface area contributed by atoms with Crippen LogP contribution >= 0.6 is 0 Å². The van der Waals surface area contributed by atoms with Gasteiger partial charge in [-0.05, 0) is 19.3 Å². The van der Waals surface area contributed by atoms with E-state index in [1.807, 2.05) is 6.92 Å². The Balaban J connectivity index is 3.50. The van der Waals surface area contributed by atoms with E-state index < -0.39 is 0 Å². The molecule has 114 valence electrons. The molecule has 0 aromatic heterocycles. The van der Waals surface area contributed by atoms with Gasteiger partial charge < -0.3 is 4.74 Å². The molecule has 0 spiro atoms. The fourth-order valence-corrected chi connectivity index (χ4v) is 2.36. The Morgan fingerprint density at radius 1 is 0.789 bits per heavy atom. The maximum absolute atomic E-state index is 11.3. The van der Waals surface area contributed by atoms with E-state index in [1.54, 1.807) is 0 Å². The lowest BCUT2D eigenvalue weighted by Gasteiger charge is -2.16. The third-order valence-electron chi connectivity index (χ3n) is 3.58. The van der Waals surface area contributed by atoms with Gasteiger partial charge in [0, 0.05) is 6.42 Å². The number of hydrogen-bond acceptors (Lipinski definition) is 2. The van der Waals surface area contributed by atoms with Crippen molar-refractivity contribution in [2.24, 2.45) is 0 Å². The Morgan fingerprint density at radius 2 is 1.37 bits per heavy atom. The molecule has 0 saturated carbocycles. The molecule has 19 heavy (non-hydrogen) atoms. The highest BCUT2D eigenvalue weighted by atomic mass is 16.5. The smallest absolute Gasteiger partial charge is 0.305 e. The number of carbonyl (C=O) groups is 1. The number of rotatable bonds is 13. The van der Waals surface area contributed by atoms with E-state index in [-0.39, 0.29) is 12.1 Å². The van der Waals surface area contributed by atoms with Crippen molar-refractivity contribution in [3.63, 3.8) is 0 Å². The van der Waals surface area contributed by atoms with Crippen LogP contribution in [0.4, 0.5) is 0 Å². The van der Waals surface area contributed by atoms with Gasteiger partial charge in [-0.1, -0.05) is 72.1 Å². The van der Waals surface area contributed by atoms with E-state index in [0.29, 0.717) is 6.42 Å². The van der Waals surface area contributed by atoms with Crippen LogP contribution in [0.25, 0.3) is 0 Å². The number of unbranched alkanes of at least 4 members (excludes halogenated alkanes) is 7. The van der Waals surface area contributed by atoms with Crippen molar-refractivity contribution in [1.29, 1.82) is 0 Å². The average Bonchev–Trinajstić information content (AvgIpc) is 2.41. The van der Waals surface area contributed by atoms with Gasteiger partial charge in [-0.25, -0.2) is 0 Å². The number of ether oxygens (including phenoxy) is 1. The summed E-state index contributed by atoms with van der Waals surface area (Å²) in [4.78, 5) is 11.3. The molecule has 0 aromatic carbocycles. The minimum atomic E-state index is -0.0435. The highest BCUT2D eigenvalue weighted by Gasteiger charge is 2.11. The Morgan fingerprint density at radius 3 is 1.89 bits per heavy atom. The summed E-state index contributed by atoms with van der Waals surface area (Å²) in [6, 6.07) is 0. The molecular formula is C17H34O2. The summed E-state index contributed by atoms with van der Waals surface area (Å²) < 4.78 is 5.46. The van der Waals surface area contributed by atoms with Crippen molar-refractivity contribution in [1.82, 2.24) is 0 Å². The van der Waals surface area contributed by atoms with Gasteiger partial charge >= 0.3 is 5.97 Å². The molecule has 2 nitrogen and oxygen atoms in total. The van der Waals surface area contributed by atoms with Crippen LogP contribution in [0, 0.1) is 0 Å². The first-order valence-corrected chi connectivity index (χ1v) is 8.44. The van der Waals surface area contributed by atoms with Crippen LogP contribution in [0.3, 0.4) is 0 Å². The van der Waals surface area contributed by atoms with Gasteiger partial charge in [0.15, 0.2) is 0 Å². The van der Waals surface area contributed by atoms with E-state index in [9.17, 15) is 4.79 Å². The Hall–Kier alpha value is -0.530. The molecule has 0 aliphatic heterocycles. The zero-order chi connectivity index (χ0) is 14.3. The lowest BCUT2D eigenvalue weighted by molar-refractivity contribution is -0.149. The number of esters is 1. The second-order valence-corrected chi connectivity index (χ2v) is 5.52. The topological polar surface area (TPSA) is 26.3 Å². The second kappa shape index (κ2) is 13.9. The van der Waals surface area contributed by atoms with Gasteiger partial charge in [0.25, 0.3) is 0 Å². The average molecular weight is 270 g/mol. The molecule has 0 rings (SSSR count). The van der Waals surface area contributed by atoms with Crippen LogP contribution in [0.2, 0.25) is 0 Å². The summed E-state index contributed by atoms with van der Waals surface area (Å²) in [5.74, 6) is -0.0435. The summed E-state index contributed by atoms with van der Waals surface area (Å²) >= 11 is 0. The molecule has 1 unspecified atom stereocenters. The van der Waals surface area contributed by atoms with Gasteiger partial charge in [-0.15, -0.1) is 0 Å². The molecule has 0 aromatic rings. The van der Waals surface area contributed by atoms with Crippen molar-refractivity contribution >= 4 is 5.97 Å². The van der Waals surface area contributed by atoms with Crippen molar-refractivity contribution in [2.45, 2.75) is 104 Å². The first-order chi connectivity index (χ1) is 9.24. The van der Waals surface area contributed by atoms with E-state index >= 15 is 0 Å². The largest absolute Gasteiger partial charge is 0.462 e. The zero-order valence-electron chi connectivity index (χ0n) is 13.4.